The van der Waals surface area contributed by atoms with Gasteiger partial charge in [-0.25, -0.2) is 4.79 Å². The van der Waals surface area contributed by atoms with Gasteiger partial charge >= 0.3 is 5.97 Å². The van der Waals surface area contributed by atoms with Gasteiger partial charge in [0, 0.05) is 43.9 Å². The first-order valence-electron chi connectivity index (χ1n) is 10.3. The minimum atomic E-state index is -0.340. The van der Waals surface area contributed by atoms with Gasteiger partial charge in [0.25, 0.3) is 0 Å². The summed E-state index contributed by atoms with van der Waals surface area (Å²) in [6, 6.07) is 7.92. The molecule has 29 heavy (non-hydrogen) atoms. The average Bonchev–Trinajstić information content (AvgIpc) is 3.04. The number of nitrogens with zero attached hydrogens (tertiary/aromatic N) is 3. The molecule has 0 unspecified atom stereocenters. The monoisotopic (exact) mass is 401 g/mol. The van der Waals surface area contributed by atoms with Crippen molar-refractivity contribution in [1.82, 2.24) is 14.7 Å². The number of carbonyl (C=O) groups is 1. The Balaban J connectivity index is 1.78. The minimum Gasteiger partial charge on any atom is -0.491 e. The fourth-order valence-electron chi connectivity index (χ4n) is 3.70. The van der Waals surface area contributed by atoms with Gasteiger partial charge in [-0.2, -0.15) is 5.10 Å². The average molecular weight is 402 g/mol. The summed E-state index contributed by atoms with van der Waals surface area (Å²) in [5.41, 5.74) is 3.73. The second-order valence-corrected chi connectivity index (χ2v) is 7.75. The Labute approximate surface area is 172 Å². The van der Waals surface area contributed by atoms with E-state index < -0.39 is 0 Å². The third-order valence-electron chi connectivity index (χ3n) is 4.88. The van der Waals surface area contributed by atoms with Gasteiger partial charge in [0.05, 0.1) is 13.2 Å². The van der Waals surface area contributed by atoms with Crippen molar-refractivity contribution < 1.29 is 19.4 Å². The summed E-state index contributed by atoms with van der Waals surface area (Å²) in [7, 11) is 0. The SMILES string of the molecule is CCOC(=O)c1nn(CC(C)C)c2c1CN(Cc1cccc(OCCO)c1)CC2. The molecule has 1 aliphatic heterocycles. The molecule has 0 fully saturated rings. The van der Waals surface area contributed by atoms with E-state index in [1.807, 2.05) is 29.8 Å². The maximum atomic E-state index is 12.5. The van der Waals surface area contributed by atoms with Crippen LogP contribution in [0.4, 0.5) is 0 Å². The number of carbonyl (C=O) groups excluding carboxylic acids is 1. The highest BCUT2D eigenvalue weighted by molar-refractivity contribution is 5.89. The zero-order valence-corrected chi connectivity index (χ0v) is 17.6. The Bertz CT molecular complexity index is 831. The zero-order chi connectivity index (χ0) is 20.8. The van der Waals surface area contributed by atoms with Crippen LogP contribution in [0.15, 0.2) is 24.3 Å². The Morgan fingerprint density at radius 2 is 2.17 bits per heavy atom. The molecule has 0 saturated heterocycles. The van der Waals surface area contributed by atoms with E-state index in [1.165, 1.54) is 0 Å². The van der Waals surface area contributed by atoms with Gasteiger partial charge in [-0.1, -0.05) is 26.0 Å². The zero-order valence-electron chi connectivity index (χ0n) is 17.6. The molecule has 0 radical (unpaired) electrons. The van der Waals surface area contributed by atoms with Crippen molar-refractivity contribution in [2.75, 3.05) is 26.4 Å². The van der Waals surface area contributed by atoms with Gasteiger partial charge in [0.15, 0.2) is 5.69 Å². The molecule has 0 saturated carbocycles. The summed E-state index contributed by atoms with van der Waals surface area (Å²) in [6.45, 7) is 9.87. The van der Waals surface area contributed by atoms with Crippen LogP contribution in [-0.2, 0) is 30.8 Å². The summed E-state index contributed by atoms with van der Waals surface area (Å²) < 4.78 is 12.8. The number of fused-ring (bicyclic) bond motifs is 1. The molecule has 1 aliphatic rings. The number of rotatable bonds is 9. The smallest absolute Gasteiger partial charge is 0.359 e. The number of aliphatic hydroxyl groups is 1. The normalized spacial score (nSPS) is 14.1. The molecule has 1 N–H and O–H groups in total. The molecular formula is C22H31N3O4. The predicted octanol–water partition coefficient (Wildman–Crippen LogP) is 2.65. The highest BCUT2D eigenvalue weighted by Gasteiger charge is 2.29. The van der Waals surface area contributed by atoms with Crippen LogP contribution in [0.5, 0.6) is 5.75 Å². The number of aliphatic hydroxyl groups excluding tert-OH is 1. The van der Waals surface area contributed by atoms with Crippen molar-refractivity contribution in [3.8, 4) is 5.75 Å². The molecule has 7 nitrogen and oxygen atoms in total. The molecule has 2 heterocycles. The molecular weight excluding hydrogens is 370 g/mol. The highest BCUT2D eigenvalue weighted by atomic mass is 16.5. The lowest BCUT2D eigenvalue weighted by Gasteiger charge is -2.28. The predicted molar refractivity (Wildman–Crippen MR) is 110 cm³/mol. The van der Waals surface area contributed by atoms with Crippen LogP contribution in [0.25, 0.3) is 0 Å². The van der Waals surface area contributed by atoms with Crippen molar-refractivity contribution in [2.24, 2.45) is 5.92 Å². The van der Waals surface area contributed by atoms with E-state index in [0.29, 0.717) is 24.8 Å². The molecule has 3 rings (SSSR count). The summed E-state index contributed by atoms with van der Waals surface area (Å²) >= 11 is 0. The van der Waals surface area contributed by atoms with Crippen LogP contribution >= 0.6 is 0 Å². The standard InChI is InChI=1S/C22H31N3O4/c1-4-28-22(27)21-19-15-24(9-8-20(19)25(23-21)13-16(2)3)14-17-6-5-7-18(12-17)29-11-10-26/h5-7,12,16,26H,4,8-11,13-15H2,1-3H3. The molecule has 0 spiro atoms. The van der Waals surface area contributed by atoms with E-state index in [1.54, 1.807) is 0 Å². The fourth-order valence-corrected chi connectivity index (χ4v) is 3.70. The van der Waals surface area contributed by atoms with Gasteiger partial charge in [-0.05, 0) is 30.5 Å². The molecule has 2 aromatic rings. The number of ether oxygens (including phenoxy) is 2. The summed E-state index contributed by atoms with van der Waals surface area (Å²) in [5.74, 6) is 0.868. The van der Waals surface area contributed by atoms with Crippen LogP contribution in [-0.4, -0.2) is 52.1 Å². The van der Waals surface area contributed by atoms with Gasteiger partial charge in [-0.3, -0.25) is 9.58 Å². The Kier molecular flexibility index (Phi) is 7.28. The topological polar surface area (TPSA) is 76.8 Å². The van der Waals surface area contributed by atoms with Crippen LogP contribution in [0.2, 0.25) is 0 Å². The lowest BCUT2D eigenvalue weighted by atomic mass is 10.0. The van der Waals surface area contributed by atoms with Gasteiger partial charge in [0.1, 0.15) is 12.4 Å². The maximum absolute atomic E-state index is 12.5. The number of hydrogen-bond acceptors (Lipinski definition) is 6. The summed E-state index contributed by atoms with van der Waals surface area (Å²) in [4.78, 5) is 14.8. The largest absolute Gasteiger partial charge is 0.491 e. The van der Waals surface area contributed by atoms with E-state index in [2.05, 4.69) is 29.9 Å². The minimum absolute atomic E-state index is 0.00384. The van der Waals surface area contributed by atoms with Crippen LogP contribution in [0.3, 0.4) is 0 Å². The fraction of sp³-hybridized carbons (Fsp3) is 0.545. The molecule has 0 amide bonds. The lowest BCUT2D eigenvalue weighted by molar-refractivity contribution is 0.0515. The van der Waals surface area contributed by atoms with Gasteiger partial charge in [-0.15, -0.1) is 0 Å². The number of benzene rings is 1. The lowest BCUT2D eigenvalue weighted by Crippen LogP contribution is -2.31. The number of hydrogen-bond donors (Lipinski definition) is 1. The molecule has 1 aromatic heterocycles. The second kappa shape index (κ2) is 9.89. The van der Waals surface area contributed by atoms with Crippen molar-refractivity contribution in [1.29, 1.82) is 0 Å². The van der Waals surface area contributed by atoms with Crippen molar-refractivity contribution in [2.45, 2.75) is 46.8 Å². The van der Waals surface area contributed by atoms with Crippen LogP contribution in [0, 0.1) is 5.92 Å². The van der Waals surface area contributed by atoms with E-state index in [-0.39, 0.29) is 19.2 Å². The summed E-state index contributed by atoms with van der Waals surface area (Å²) in [5, 5.41) is 13.5. The van der Waals surface area contributed by atoms with E-state index in [0.717, 1.165) is 48.6 Å². The highest BCUT2D eigenvalue weighted by Crippen LogP contribution is 2.26. The maximum Gasteiger partial charge on any atom is 0.359 e. The molecule has 0 atom stereocenters. The number of aromatic nitrogens is 2. The van der Waals surface area contributed by atoms with E-state index in [9.17, 15) is 4.79 Å². The van der Waals surface area contributed by atoms with E-state index in [4.69, 9.17) is 14.6 Å². The molecule has 7 heteroatoms. The van der Waals surface area contributed by atoms with E-state index >= 15 is 0 Å². The Hall–Kier alpha value is -2.38. The first kappa shape index (κ1) is 21.3. The van der Waals surface area contributed by atoms with Crippen molar-refractivity contribution >= 4 is 5.97 Å². The van der Waals surface area contributed by atoms with Crippen LogP contribution in [0.1, 0.15) is 48.1 Å². The molecule has 1 aromatic carbocycles. The number of esters is 1. The van der Waals surface area contributed by atoms with Gasteiger partial charge in [0.2, 0.25) is 0 Å². The Morgan fingerprint density at radius 3 is 2.90 bits per heavy atom. The Morgan fingerprint density at radius 1 is 1.34 bits per heavy atom. The molecule has 0 aliphatic carbocycles. The first-order valence-corrected chi connectivity index (χ1v) is 10.3. The summed E-state index contributed by atoms with van der Waals surface area (Å²) in [6.07, 6.45) is 0.856. The molecule has 0 bridgehead atoms. The van der Waals surface area contributed by atoms with Crippen molar-refractivity contribution in [3.63, 3.8) is 0 Å². The third-order valence-corrected chi connectivity index (χ3v) is 4.88. The van der Waals surface area contributed by atoms with Crippen LogP contribution < -0.4 is 4.74 Å². The third kappa shape index (κ3) is 5.36. The first-order chi connectivity index (χ1) is 14.0. The second-order valence-electron chi connectivity index (χ2n) is 7.75. The molecule has 158 valence electrons. The van der Waals surface area contributed by atoms with Gasteiger partial charge < -0.3 is 14.6 Å². The quantitative estimate of drug-likeness (QED) is 0.651. The van der Waals surface area contributed by atoms with Crippen molar-refractivity contribution in [3.05, 3.63) is 46.8 Å².